The molecule has 0 radical (unpaired) electrons. The number of amides is 1. The molecule has 4 aliphatic heterocycles. The summed E-state index contributed by atoms with van der Waals surface area (Å²) in [6.45, 7) is 8.77. The molecular formula is C46H56ClF12LiN14O7S2. The van der Waals surface area contributed by atoms with Crippen LogP contribution in [0.2, 0.25) is 0 Å². The van der Waals surface area contributed by atoms with Gasteiger partial charge in [0.2, 0.25) is 26.2 Å². The number of nitrogens with two attached hydrogens (primary N) is 1. The first-order valence-corrected chi connectivity index (χ1v) is 27.0. The zero-order valence-corrected chi connectivity index (χ0v) is 46.6. The van der Waals surface area contributed by atoms with Gasteiger partial charge >= 0.3 is 43.6 Å². The topological polar surface area (TPSA) is 252 Å². The molecule has 0 spiro atoms. The van der Waals surface area contributed by atoms with Crippen molar-refractivity contribution in [2.45, 2.75) is 88.2 Å². The number of piperazine rings is 2. The molecule has 4 aliphatic rings. The first kappa shape index (κ1) is 69.9. The number of carbonyl (C=O) groups is 2. The fourth-order valence-electron chi connectivity index (χ4n) is 9.14. The Balaban J connectivity index is 0.000000290. The van der Waals surface area contributed by atoms with Crippen molar-refractivity contribution < 1.29 is 114 Å². The molecule has 0 bridgehead atoms. The van der Waals surface area contributed by atoms with Gasteiger partial charge in [0.1, 0.15) is 11.1 Å². The van der Waals surface area contributed by atoms with Crippen LogP contribution in [0, 0.1) is 20.2 Å². The number of nitrogens with one attached hydrogen (secondary N) is 2. The molecule has 2 aromatic heterocycles. The fourth-order valence-corrected chi connectivity index (χ4v) is 10.7. The minimum atomic E-state index is -4.86. The molecule has 8 rings (SSSR count). The van der Waals surface area contributed by atoms with Crippen LogP contribution in [0.5, 0.6) is 0 Å². The number of alkyl halides is 12. The molecule has 456 valence electrons. The number of likely N-dealkylation sites (tertiary alicyclic amines) is 1. The predicted molar refractivity (Wildman–Crippen MR) is 268 cm³/mol. The SMILES string of the molecule is O=C(CCCN1CCN(c2nnc(C(F)(F)F)s2)CC1)N1CCC(Nc2ccc([N+](=O)[O-])c(C(F)(F)F)c2)CC1.O=C([O-])CCCN1CCN(c2nnc(C(F)(F)F)s2)CC1.O=[N+]([O-])c1ccc(NC2CC[NH2+]CC2)cc1C(F)(F)F.[Cl-].[Li+]. The molecule has 37 heteroatoms. The van der Waals surface area contributed by atoms with E-state index in [1.807, 2.05) is 0 Å². The smallest absolute Gasteiger partial charge is 1.00 e. The Kier molecular flexibility index (Phi) is 26.1. The number of carbonyl (C=O) groups excluding carboxylic acids is 2. The number of anilines is 4. The number of hydrogen-bond donors (Lipinski definition) is 3. The van der Waals surface area contributed by atoms with E-state index in [9.17, 15) is 87.6 Å². The summed E-state index contributed by atoms with van der Waals surface area (Å²) in [6, 6.07) is 5.80. The van der Waals surface area contributed by atoms with Crippen LogP contribution in [0.1, 0.15) is 72.5 Å². The maximum atomic E-state index is 13.2. The normalized spacial score (nSPS) is 17.0. The standard InChI is InChI=1S/C23H27F6N7O3S.C12H14F3N3O2.C11H15F3N4O2S.ClH.Li/c24-22(25,26)17-14-16(3-4-18(17)36(38)39)30-15-5-8-34(9-6-15)19(37)2-1-7-33-10-12-35(13-11-33)21-32-31-20(40-21)23(27,28)29;13-12(14,15)10-7-9(1-2-11(10)18(19)20)17-8-3-5-16-6-4-8;12-11(13,14)9-15-16-10(21-9)18-6-4-17(5-7-18)3-1-2-8(19)20;;/h3-4,14-15,30H,1-2,5-13H2;1-2,7-8,16-17H,3-6H2;1-7H2,(H,19,20);1H;/q;;;;+1/p-1. The molecule has 0 unspecified atom stereocenters. The number of carboxylic acids is 1. The van der Waals surface area contributed by atoms with Crippen molar-refractivity contribution in [3.63, 3.8) is 0 Å². The van der Waals surface area contributed by atoms with E-state index in [1.165, 1.54) is 12.1 Å². The Bertz CT molecular complexity index is 2740. The zero-order valence-electron chi connectivity index (χ0n) is 44.3. The number of nitro benzene ring substituents is 2. The second kappa shape index (κ2) is 31.0. The molecular weight excluding hydrogens is 1200 g/mol. The average Bonchev–Trinajstić information content (AvgIpc) is 4.26. The second-order valence-corrected chi connectivity index (χ2v) is 21.0. The minimum Gasteiger partial charge on any atom is -1.00 e. The van der Waals surface area contributed by atoms with Crippen LogP contribution in [0.15, 0.2) is 36.4 Å². The molecule has 6 heterocycles. The van der Waals surface area contributed by atoms with Gasteiger partial charge in [-0.2, -0.15) is 52.7 Å². The van der Waals surface area contributed by atoms with Gasteiger partial charge in [0.25, 0.3) is 11.4 Å². The number of halogens is 13. The van der Waals surface area contributed by atoms with E-state index >= 15 is 0 Å². The summed E-state index contributed by atoms with van der Waals surface area (Å²) >= 11 is 1.07. The van der Waals surface area contributed by atoms with Gasteiger partial charge in [-0.1, -0.05) is 22.7 Å². The zero-order chi connectivity index (χ0) is 59.3. The number of benzene rings is 2. The molecule has 0 saturated carbocycles. The van der Waals surface area contributed by atoms with E-state index in [0.29, 0.717) is 133 Å². The number of hydrogen-bond acceptors (Lipinski definition) is 19. The largest absolute Gasteiger partial charge is 1.00 e. The Hall–Kier alpha value is -5.57. The van der Waals surface area contributed by atoms with Crippen molar-refractivity contribution >= 4 is 67.6 Å². The van der Waals surface area contributed by atoms with Crippen molar-refractivity contribution in [2.75, 3.05) is 112 Å². The van der Waals surface area contributed by atoms with E-state index < -0.39 is 73.0 Å². The van der Waals surface area contributed by atoms with Gasteiger partial charge in [0.15, 0.2) is 0 Å². The quantitative estimate of drug-likeness (QED) is 0.0597. The van der Waals surface area contributed by atoms with Crippen LogP contribution < -0.4 is 62.1 Å². The Morgan fingerprint density at radius 3 is 1.31 bits per heavy atom. The summed E-state index contributed by atoms with van der Waals surface area (Å²) in [5, 5.41) is 52.3. The van der Waals surface area contributed by atoms with Gasteiger partial charge in [0.05, 0.1) is 22.9 Å². The number of quaternary nitrogens is 1. The number of nitro groups is 2. The first-order valence-electron chi connectivity index (χ1n) is 25.3. The molecule has 0 aliphatic carbocycles. The van der Waals surface area contributed by atoms with Gasteiger partial charge in [-0.25, -0.2) is 0 Å². The van der Waals surface area contributed by atoms with Gasteiger partial charge in [-0.15, -0.1) is 20.4 Å². The Labute approximate surface area is 492 Å². The fraction of sp³-hybridized carbons (Fsp3) is 0.609. The third kappa shape index (κ3) is 21.5. The van der Waals surface area contributed by atoms with E-state index in [4.69, 9.17) is 0 Å². The van der Waals surface area contributed by atoms with E-state index in [-0.39, 0.29) is 77.3 Å². The van der Waals surface area contributed by atoms with Crippen LogP contribution in [0.25, 0.3) is 0 Å². The monoisotopic (exact) mass is 1250 g/mol. The van der Waals surface area contributed by atoms with Crippen molar-refractivity contribution in [3.05, 3.63) is 77.8 Å². The van der Waals surface area contributed by atoms with Gasteiger partial charge in [-0.3, -0.25) is 34.8 Å². The summed E-state index contributed by atoms with van der Waals surface area (Å²) < 4.78 is 154. The third-order valence-corrected chi connectivity index (χ3v) is 15.4. The van der Waals surface area contributed by atoms with Crippen molar-refractivity contribution in [3.8, 4) is 0 Å². The van der Waals surface area contributed by atoms with Crippen LogP contribution >= 0.6 is 22.7 Å². The molecule has 83 heavy (non-hydrogen) atoms. The van der Waals surface area contributed by atoms with Gasteiger partial charge in [0, 0.05) is 126 Å². The van der Waals surface area contributed by atoms with E-state index in [2.05, 4.69) is 46.1 Å². The molecule has 0 atom stereocenters. The molecule has 4 aromatic rings. The summed E-state index contributed by atoms with van der Waals surface area (Å²) in [5.41, 5.74) is -4.04. The summed E-state index contributed by atoms with van der Waals surface area (Å²) in [4.78, 5) is 52.0. The van der Waals surface area contributed by atoms with E-state index in [1.54, 1.807) is 14.7 Å². The Morgan fingerprint density at radius 2 is 0.964 bits per heavy atom. The molecule has 21 nitrogen and oxygen atoms in total. The molecule has 1 amide bonds. The Morgan fingerprint density at radius 1 is 0.578 bits per heavy atom. The van der Waals surface area contributed by atoms with Crippen molar-refractivity contribution in [1.82, 2.24) is 35.1 Å². The van der Waals surface area contributed by atoms with Crippen LogP contribution in [-0.4, -0.2) is 161 Å². The van der Waals surface area contributed by atoms with E-state index in [0.717, 1.165) is 50.2 Å². The number of aliphatic carboxylic acids is 1. The minimum absolute atomic E-state index is 0. The molecule has 4 fully saturated rings. The summed E-state index contributed by atoms with van der Waals surface area (Å²) in [5.74, 6) is -1.08. The van der Waals surface area contributed by atoms with Gasteiger partial charge < -0.3 is 53.0 Å². The number of nitrogens with zero attached hydrogens (tertiary/aromatic N) is 11. The number of rotatable bonds is 16. The average molecular weight is 1250 g/mol. The van der Waals surface area contributed by atoms with Gasteiger partial charge in [-0.05, 0) is 69.5 Å². The number of aromatic nitrogens is 4. The number of piperidine rings is 2. The second-order valence-electron chi connectivity index (χ2n) is 19.1. The van der Waals surface area contributed by atoms with Crippen molar-refractivity contribution in [1.29, 1.82) is 0 Å². The molecule has 4 saturated heterocycles. The van der Waals surface area contributed by atoms with Crippen molar-refractivity contribution in [2.24, 2.45) is 0 Å². The van der Waals surface area contributed by atoms with Crippen LogP contribution in [-0.2, 0) is 34.3 Å². The molecule has 4 N–H and O–H groups in total. The maximum Gasteiger partial charge on any atom is 1.00 e. The molecule has 2 aromatic carbocycles. The summed E-state index contributed by atoms with van der Waals surface area (Å²) in [6.07, 6.45) is -14.3. The maximum absolute atomic E-state index is 13.2. The predicted octanol–water partition coefficient (Wildman–Crippen LogP) is 0.458. The number of carboxylic acid groups (broad SMARTS) is 1. The third-order valence-electron chi connectivity index (χ3n) is 13.3. The van der Waals surface area contributed by atoms with Crippen LogP contribution in [0.3, 0.4) is 0 Å². The first-order chi connectivity index (χ1) is 38.0. The van der Waals surface area contributed by atoms with Crippen LogP contribution in [0.4, 0.5) is 85.7 Å². The summed E-state index contributed by atoms with van der Waals surface area (Å²) in [7, 11) is 0.